The lowest BCUT2D eigenvalue weighted by atomic mass is 9.78. The molecule has 1 aromatic carbocycles. The summed E-state index contributed by atoms with van der Waals surface area (Å²) in [5.41, 5.74) is 1.16. The first kappa shape index (κ1) is 61.4. The number of aliphatic hydroxyl groups is 3. The van der Waals surface area contributed by atoms with Gasteiger partial charge in [0.1, 0.15) is 24.0 Å². The molecule has 2 heterocycles. The Bertz CT molecular complexity index is 2070. The maximum Gasteiger partial charge on any atom is 0.329 e. The van der Waals surface area contributed by atoms with E-state index < -0.39 is 65.2 Å². The Kier molecular flexibility index (Phi) is 25.1. The van der Waals surface area contributed by atoms with Gasteiger partial charge in [0.2, 0.25) is 5.79 Å². The quantitative estimate of drug-likeness (QED) is 0.0313. The maximum atomic E-state index is 14.2. The first-order chi connectivity index (χ1) is 34.7. The van der Waals surface area contributed by atoms with E-state index in [0.29, 0.717) is 63.5 Å². The molecule has 2 saturated heterocycles. The van der Waals surface area contributed by atoms with Crippen LogP contribution in [0, 0.1) is 29.6 Å². The number of allylic oxidation sites excluding steroid dienone is 6. The van der Waals surface area contributed by atoms with Crippen molar-refractivity contribution in [3.8, 4) is 0 Å². The minimum absolute atomic E-state index is 0.0346. The lowest BCUT2D eigenvalue weighted by molar-refractivity contribution is -0.241. The van der Waals surface area contributed by atoms with Gasteiger partial charge in [-0.1, -0.05) is 101 Å². The standard InChI is InChI=1S/C59H89NO13/c1-11-50(71-34-31-45-24-16-13-17-25-45)40(3)22-15-12-14-21-39(2)35-43(6)54(64)58(8,70-10)53(63)41(4)27-29-47(61)38-51(42(5)36-46-28-30-49(62)52(37-46)69-9)73-57(67)48-26-18-19-32-60(48)56(66)55(65)59(68)44(7)23-20-33-72-59/h12-17,21-22,24-25,27,39,42-44,46,48-53,62-63,68H,11,18-20,23,26,28-38H2,1-10H3/b15-12+,21-14?,40-22+,41-27+/t39-,42-,43?,44?,46+,48?,49?,50?,51+,52-,53?,58+,59?/m1/s1. The largest absolute Gasteiger partial charge is 0.460 e. The second-order valence-corrected chi connectivity index (χ2v) is 21.4. The molecule has 0 spiro atoms. The fourth-order valence-corrected chi connectivity index (χ4v) is 10.8. The van der Waals surface area contributed by atoms with Gasteiger partial charge in [-0.15, -0.1) is 0 Å². The first-order valence-electron chi connectivity index (χ1n) is 27.0. The van der Waals surface area contributed by atoms with Crippen molar-refractivity contribution in [1.29, 1.82) is 0 Å². The summed E-state index contributed by atoms with van der Waals surface area (Å²) in [4.78, 5) is 70.6. The van der Waals surface area contributed by atoms with E-state index in [1.54, 1.807) is 34.0 Å². The number of amides is 1. The Labute approximate surface area is 436 Å². The normalized spacial score (nSPS) is 26.6. The van der Waals surface area contributed by atoms with Crippen LogP contribution in [0.15, 0.2) is 77.9 Å². The van der Waals surface area contributed by atoms with Gasteiger partial charge in [-0.25, -0.2) is 4.79 Å². The molecule has 408 valence electrons. The number of carbonyl (C=O) groups is 5. The molecule has 3 N–H and O–H groups in total. The molecule has 13 atom stereocenters. The molecule has 1 aromatic rings. The van der Waals surface area contributed by atoms with Crippen LogP contribution in [0.25, 0.3) is 0 Å². The van der Waals surface area contributed by atoms with E-state index in [0.717, 1.165) is 24.8 Å². The Hall–Kier alpha value is -4.15. The van der Waals surface area contributed by atoms with Gasteiger partial charge in [0, 0.05) is 45.4 Å². The molecule has 0 bridgehead atoms. The Morgan fingerprint density at radius 1 is 0.959 bits per heavy atom. The number of likely N-dealkylation sites (tertiary alicyclic amines) is 1. The highest BCUT2D eigenvalue weighted by atomic mass is 16.6. The van der Waals surface area contributed by atoms with Crippen molar-refractivity contribution >= 4 is 29.2 Å². The molecule has 0 radical (unpaired) electrons. The zero-order valence-electron chi connectivity index (χ0n) is 45.6. The van der Waals surface area contributed by atoms with Gasteiger partial charge in [0.15, 0.2) is 11.4 Å². The van der Waals surface area contributed by atoms with E-state index in [4.69, 9.17) is 23.7 Å². The van der Waals surface area contributed by atoms with Crippen molar-refractivity contribution in [1.82, 2.24) is 4.90 Å². The first-order valence-corrected chi connectivity index (χ1v) is 27.0. The van der Waals surface area contributed by atoms with E-state index in [-0.39, 0.29) is 73.9 Å². The van der Waals surface area contributed by atoms with E-state index in [2.05, 4.69) is 32.1 Å². The van der Waals surface area contributed by atoms with Crippen LogP contribution >= 0.6 is 0 Å². The Balaban J connectivity index is 1.39. The van der Waals surface area contributed by atoms with E-state index in [9.17, 15) is 39.3 Å². The lowest BCUT2D eigenvalue weighted by Gasteiger charge is -2.39. The second-order valence-electron chi connectivity index (χ2n) is 21.4. The van der Waals surface area contributed by atoms with Gasteiger partial charge in [0.05, 0.1) is 31.5 Å². The summed E-state index contributed by atoms with van der Waals surface area (Å²) in [6.07, 6.45) is 15.4. The van der Waals surface area contributed by atoms with E-state index in [1.807, 2.05) is 63.3 Å². The number of hydrogen-bond donors (Lipinski definition) is 3. The molecule has 2 aliphatic heterocycles. The minimum atomic E-state index is -2.28. The average molecular weight is 1020 g/mol. The summed E-state index contributed by atoms with van der Waals surface area (Å²) in [6, 6.07) is 9.19. The smallest absolute Gasteiger partial charge is 0.329 e. The van der Waals surface area contributed by atoms with Crippen LogP contribution in [0.1, 0.15) is 144 Å². The zero-order chi connectivity index (χ0) is 53.9. The van der Waals surface area contributed by atoms with Crippen molar-refractivity contribution in [3.05, 3.63) is 83.5 Å². The molecule has 3 aliphatic rings. The molecule has 7 unspecified atom stereocenters. The topological polar surface area (TPSA) is 195 Å². The van der Waals surface area contributed by atoms with Crippen molar-refractivity contribution in [2.45, 2.75) is 193 Å². The Morgan fingerprint density at radius 3 is 2.36 bits per heavy atom. The van der Waals surface area contributed by atoms with Gasteiger partial charge in [-0.2, -0.15) is 0 Å². The molecule has 14 nitrogen and oxygen atoms in total. The van der Waals surface area contributed by atoms with Crippen LogP contribution in [-0.2, 0) is 54.1 Å². The third-order valence-electron chi connectivity index (χ3n) is 15.7. The summed E-state index contributed by atoms with van der Waals surface area (Å²) in [5.74, 6) is -6.93. The molecular weight excluding hydrogens is 931 g/mol. The zero-order valence-corrected chi connectivity index (χ0v) is 45.6. The predicted molar refractivity (Wildman–Crippen MR) is 281 cm³/mol. The molecule has 4 rings (SSSR count). The number of carbonyl (C=O) groups excluding carboxylic acids is 5. The Morgan fingerprint density at radius 2 is 1.68 bits per heavy atom. The van der Waals surface area contributed by atoms with E-state index >= 15 is 0 Å². The number of esters is 1. The minimum Gasteiger partial charge on any atom is -0.460 e. The monoisotopic (exact) mass is 1020 g/mol. The molecule has 1 amide bonds. The maximum absolute atomic E-state index is 14.2. The van der Waals surface area contributed by atoms with Crippen molar-refractivity contribution in [2.24, 2.45) is 29.6 Å². The van der Waals surface area contributed by atoms with Crippen molar-refractivity contribution < 1.29 is 63.0 Å². The third kappa shape index (κ3) is 17.4. The molecule has 3 fully saturated rings. The van der Waals surface area contributed by atoms with Crippen molar-refractivity contribution in [2.75, 3.05) is 34.0 Å². The highest BCUT2D eigenvalue weighted by molar-refractivity contribution is 6.39. The summed E-state index contributed by atoms with van der Waals surface area (Å²) in [5, 5.41) is 33.3. The highest BCUT2D eigenvalue weighted by Gasteiger charge is 2.51. The fraction of sp³-hybridized carbons (Fsp3) is 0.678. The van der Waals surface area contributed by atoms with Crippen LogP contribution in [0.2, 0.25) is 0 Å². The molecule has 14 heteroatoms. The van der Waals surface area contributed by atoms with Gasteiger partial charge < -0.3 is 43.9 Å². The SMILES string of the molecule is CCC(OCCc1ccccc1)/C(C)=C/C=C/C=C[C@@H](C)CC(C)C(=O)[C@@](C)(OC)C(O)/C(C)=C/CC(=O)C[C@H](OC(=O)C1CCCCN1C(=O)C(=O)C1(O)OCCCC1C)[C@H](C)C[C@@H]1CCC(O)[C@H](OC)C1. The fourth-order valence-electron chi connectivity index (χ4n) is 10.8. The summed E-state index contributed by atoms with van der Waals surface area (Å²) in [7, 11) is 2.95. The third-order valence-corrected chi connectivity index (χ3v) is 15.7. The number of ether oxygens (including phenoxy) is 5. The van der Waals surface area contributed by atoms with Crippen LogP contribution in [-0.4, -0.2) is 131 Å². The van der Waals surface area contributed by atoms with Crippen molar-refractivity contribution in [3.63, 3.8) is 0 Å². The molecular formula is C59H89NO13. The number of rotatable bonds is 28. The van der Waals surface area contributed by atoms with Gasteiger partial charge in [-0.05, 0) is 132 Å². The molecule has 1 aliphatic carbocycles. The summed E-state index contributed by atoms with van der Waals surface area (Å²) < 4.78 is 29.1. The molecule has 1 saturated carbocycles. The summed E-state index contributed by atoms with van der Waals surface area (Å²) >= 11 is 0. The average Bonchev–Trinajstić information content (AvgIpc) is 3.39. The van der Waals surface area contributed by atoms with Crippen LogP contribution in [0.4, 0.5) is 0 Å². The number of nitrogens with zero attached hydrogens (tertiary/aromatic N) is 1. The highest BCUT2D eigenvalue weighted by Crippen LogP contribution is 2.35. The number of aliphatic hydroxyl groups excluding tert-OH is 2. The number of Topliss-reactive ketones (excluding diaryl/α,β-unsaturated/α-hetero) is 3. The van der Waals surface area contributed by atoms with Gasteiger partial charge in [-0.3, -0.25) is 19.2 Å². The number of hydrogen-bond acceptors (Lipinski definition) is 13. The number of benzene rings is 1. The lowest BCUT2D eigenvalue weighted by Crippen LogP contribution is -2.59. The van der Waals surface area contributed by atoms with Crippen LogP contribution < -0.4 is 0 Å². The molecule has 0 aromatic heterocycles. The van der Waals surface area contributed by atoms with Crippen LogP contribution in [0.5, 0.6) is 0 Å². The second kappa shape index (κ2) is 29.8. The summed E-state index contributed by atoms with van der Waals surface area (Å²) in [6.45, 7) is 15.7. The van der Waals surface area contributed by atoms with Gasteiger partial charge >= 0.3 is 5.97 Å². The predicted octanol–water partition coefficient (Wildman–Crippen LogP) is 8.58. The number of piperidine rings is 1. The van der Waals surface area contributed by atoms with Crippen LogP contribution in [0.3, 0.4) is 0 Å². The van der Waals surface area contributed by atoms with Gasteiger partial charge in [0.25, 0.3) is 11.7 Å². The molecule has 73 heavy (non-hydrogen) atoms. The van der Waals surface area contributed by atoms with E-state index in [1.165, 1.54) is 17.6 Å². The number of ketones is 3. The number of methoxy groups -OCH3 is 2.